The first-order valence-corrected chi connectivity index (χ1v) is 13.2. The van der Waals surface area contributed by atoms with Crippen molar-refractivity contribution in [2.75, 3.05) is 20.2 Å². The molecule has 2 aromatic rings. The Balaban J connectivity index is 1.77. The first kappa shape index (κ1) is 28.2. The van der Waals surface area contributed by atoms with Crippen molar-refractivity contribution in [2.24, 2.45) is 16.0 Å². The Kier molecular flexibility index (Phi) is 9.40. The third-order valence-corrected chi connectivity index (χ3v) is 7.20. The van der Waals surface area contributed by atoms with Crippen LogP contribution in [0.15, 0.2) is 64.4 Å². The summed E-state index contributed by atoms with van der Waals surface area (Å²) in [6.45, 7) is 0.511. The minimum atomic E-state index is -0.448. The van der Waals surface area contributed by atoms with Gasteiger partial charge in [-0.1, -0.05) is 52.7 Å². The van der Waals surface area contributed by atoms with Crippen molar-refractivity contribution in [3.05, 3.63) is 103 Å². The Morgan fingerprint density at radius 1 is 1.10 bits per heavy atom. The minimum Gasteiger partial charge on any atom is -0.453 e. The van der Waals surface area contributed by atoms with Crippen LogP contribution in [-0.4, -0.2) is 36.3 Å². The van der Waals surface area contributed by atoms with E-state index in [1.807, 2.05) is 42.5 Å². The van der Waals surface area contributed by atoms with Gasteiger partial charge in [-0.3, -0.25) is 0 Å². The molecule has 2 aliphatic carbocycles. The molecule has 0 radical (unpaired) electrons. The number of hydrogen-bond donors (Lipinski definition) is 2. The number of nitrogens with one attached hydrogen (secondary N) is 1. The standard InChI is InChI=1S/C28H32N10O2/c1-40-27(39)36-28(14-5-15-28)21-10-8-20(9-11-21)25(29)24(19-6-3-2-4-7-19)26-34-22(12-16-32-37-30)18-23(35-26)13-17-33-38-31/h2-3,6,8-11,18H,4-5,7,12-17,29H2,1H3,(H,36,39). The van der Waals surface area contributed by atoms with Crippen molar-refractivity contribution in [1.29, 1.82) is 0 Å². The zero-order valence-electron chi connectivity index (χ0n) is 22.5. The Labute approximate surface area is 232 Å². The van der Waals surface area contributed by atoms with Crippen LogP contribution >= 0.6 is 0 Å². The van der Waals surface area contributed by atoms with Crippen molar-refractivity contribution in [3.63, 3.8) is 0 Å². The van der Waals surface area contributed by atoms with Gasteiger partial charge in [-0.2, -0.15) is 0 Å². The van der Waals surface area contributed by atoms with E-state index < -0.39 is 11.6 Å². The molecule has 40 heavy (non-hydrogen) atoms. The maximum absolute atomic E-state index is 12.0. The summed E-state index contributed by atoms with van der Waals surface area (Å²) in [6, 6.07) is 9.74. The first-order chi connectivity index (χ1) is 19.5. The molecule has 12 heteroatoms. The van der Waals surface area contributed by atoms with E-state index in [4.69, 9.17) is 31.5 Å². The monoisotopic (exact) mass is 540 g/mol. The lowest BCUT2D eigenvalue weighted by Gasteiger charge is -2.42. The zero-order chi connectivity index (χ0) is 28.4. The van der Waals surface area contributed by atoms with Gasteiger partial charge >= 0.3 is 6.09 Å². The molecule has 12 nitrogen and oxygen atoms in total. The third kappa shape index (κ3) is 6.61. The fraction of sp³-hybridized carbons (Fsp3) is 0.393. The van der Waals surface area contributed by atoms with Gasteiger partial charge in [0.25, 0.3) is 0 Å². The predicted molar refractivity (Wildman–Crippen MR) is 152 cm³/mol. The molecular formula is C28H32N10O2. The van der Waals surface area contributed by atoms with Gasteiger partial charge in [0.15, 0.2) is 5.82 Å². The molecular weight excluding hydrogens is 508 g/mol. The molecule has 0 aliphatic heterocycles. The number of amides is 1. The summed E-state index contributed by atoms with van der Waals surface area (Å²) in [5.74, 6) is 0.473. The Morgan fingerprint density at radius 3 is 2.25 bits per heavy atom. The molecule has 1 heterocycles. The number of azide groups is 2. The van der Waals surface area contributed by atoms with Crippen LogP contribution in [0.3, 0.4) is 0 Å². The van der Waals surface area contributed by atoms with Crippen LogP contribution < -0.4 is 11.1 Å². The smallest absolute Gasteiger partial charge is 0.407 e. The molecule has 0 spiro atoms. The predicted octanol–water partition coefficient (Wildman–Crippen LogP) is 6.02. The van der Waals surface area contributed by atoms with E-state index >= 15 is 0 Å². The number of benzene rings is 1. The third-order valence-electron chi connectivity index (χ3n) is 7.20. The van der Waals surface area contributed by atoms with E-state index in [9.17, 15) is 4.79 Å². The zero-order valence-corrected chi connectivity index (χ0v) is 22.5. The average molecular weight is 541 g/mol. The van der Waals surface area contributed by atoms with Gasteiger partial charge in [-0.15, -0.1) is 0 Å². The SMILES string of the molecule is COC(=O)NC1(c2ccc(C(N)=C(C3=CC=CCC3)c3nc(CCN=[N+]=[N-])cc(CCN=[N+]=[N-])n3)cc2)CCC1. The van der Waals surface area contributed by atoms with E-state index in [2.05, 4.69) is 31.4 Å². The molecule has 1 saturated carbocycles. The van der Waals surface area contributed by atoms with Gasteiger partial charge in [0.1, 0.15) is 0 Å². The molecule has 1 amide bonds. The van der Waals surface area contributed by atoms with Crippen LogP contribution in [0.1, 0.15) is 60.4 Å². The number of carbonyl (C=O) groups excluding carboxylic acids is 1. The van der Waals surface area contributed by atoms with Crippen molar-refractivity contribution >= 4 is 17.4 Å². The van der Waals surface area contributed by atoms with Gasteiger partial charge in [0.05, 0.1) is 18.3 Å². The molecule has 0 unspecified atom stereocenters. The number of methoxy groups -OCH3 is 1. The largest absolute Gasteiger partial charge is 0.453 e. The molecule has 0 atom stereocenters. The van der Waals surface area contributed by atoms with Gasteiger partial charge in [-0.05, 0) is 78.8 Å². The number of aromatic nitrogens is 2. The maximum atomic E-state index is 12.0. The van der Waals surface area contributed by atoms with Crippen molar-refractivity contribution < 1.29 is 9.53 Å². The topological polar surface area (TPSA) is 188 Å². The van der Waals surface area contributed by atoms with E-state index in [0.29, 0.717) is 35.8 Å². The second-order valence-corrected chi connectivity index (χ2v) is 9.66. The Bertz CT molecular complexity index is 1390. The fourth-order valence-corrected chi connectivity index (χ4v) is 4.96. The summed E-state index contributed by atoms with van der Waals surface area (Å²) in [4.78, 5) is 27.3. The van der Waals surface area contributed by atoms with Gasteiger partial charge in [-0.25, -0.2) is 14.8 Å². The van der Waals surface area contributed by atoms with Gasteiger partial charge in [0.2, 0.25) is 0 Å². The van der Waals surface area contributed by atoms with Crippen molar-refractivity contribution in [3.8, 4) is 0 Å². The normalized spacial score (nSPS) is 15.9. The van der Waals surface area contributed by atoms with E-state index in [-0.39, 0.29) is 13.1 Å². The average Bonchev–Trinajstić information content (AvgIpc) is 2.96. The lowest BCUT2D eigenvalue weighted by Crippen LogP contribution is -2.50. The summed E-state index contributed by atoms with van der Waals surface area (Å²) >= 11 is 0. The molecule has 3 N–H and O–H groups in total. The van der Waals surface area contributed by atoms with Crippen LogP contribution in [0.2, 0.25) is 0 Å². The highest BCUT2D eigenvalue weighted by molar-refractivity contribution is 5.95. The molecule has 206 valence electrons. The van der Waals surface area contributed by atoms with Crippen LogP contribution in [0.5, 0.6) is 0 Å². The number of hydrogen-bond acceptors (Lipinski definition) is 7. The highest BCUT2D eigenvalue weighted by Crippen LogP contribution is 2.42. The molecule has 2 aliphatic rings. The summed E-state index contributed by atoms with van der Waals surface area (Å²) < 4.78 is 4.84. The summed E-state index contributed by atoms with van der Waals surface area (Å²) in [6.07, 6.45) is 10.9. The van der Waals surface area contributed by atoms with Gasteiger partial charge < -0.3 is 15.8 Å². The highest BCUT2D eigenvalue weighted by Gasteiger charge is 2.40. The lowest BCUT2D eigenvalue weighted by atomic mass is 9.71. The quantitative estimate of drug-likeness (QED) is 0.200. The van der Waals surface area contributed by atoms with Gasteiger partial charge in [0, 0.05) is 39.9 Å². The molecule has 1 aromatic heterocycles. The number of nitrogens with two attached hydrogens (primary N) is 1. The van der Waals surface area contributed by atoms with Crippen LogP contribution in [0, 0.1) is 0 Å². The number of ether oxygens (including phenoxy) is 1. The van der Waals surface area contributed by atoms with Crippen molar-refractivity contribution in [2.45, 2.75) is 50.5 Å². The summed E-state index contributed by atoms with van der Waals surface area (Å²) in [5.41, 5.74) is 29.4. The minimum absolute atomic E-state index is 0.255. The van der Waals surface area contributed by atoms with E-state index in [1.165, 1.54) is 7.11 Å². The molecule has 1 fully saturated rings. The van der Waals surface area contributed by atoms with E-state index in [0.717, 1.165) is 54.4 Å². The summed E-state index contributed by atoms with van der Waals surface area (Å²) in [5, 5.41) is 10.3. The number of rotatable bonds is 11. The number of carbonyl (C=O) groups is 1. The number of nitrogens with zero attached hydrogens (tertiary/aromatic N) is 8. The molecule has 0 saturated heterocycles. The fourth-order valence-electron chi connectivity index (χ4n) is 4.96. The Hall–Kier alpha value is -4.79. The lowest BCUT2D eigenvalue weighted by molar-refractivity contribution is 0.128. The second kappa shape index (κ2) is 13.3. The number of allylic oxidation sites excluding steroid dienone is 5. The molecule has 4 rings (SSSR count). The summed E-state index contributed by atoms with van der Waals surface area (Å²) in [7, 11) is 1.36. The molecule has 1 aromatic carbocycles. The Morgan fingerprint density at radius 2 is 1.75 bits per heavy atom. The highest BCUT2D eigenvalue weighted by atomic mass is 16.5. The van der Waals surface area contributed by atoms with Crippen molar-refractivity contribution in [1.82, 2.24) is 15.3 Å². The first-order valence-electron chi connectivity index (χ1n) is 13.2. The second-order valence-electron chi connectivity index (χ2n) is 9.66. The van der Waals surface area contributed by atoms with E-state index in [1.54, 1.807) is 0 Å². The van der Waals surface area contributed by atoms with Crippen LogP contribution in [-0.2, 0) is 23.1 Å². The molecule has 0 bridgehead atoms. The van der Waals surface area contributed by atoms with Crippen LogP contribution in [0.4, 0.5) is 4.79 Å². The van der Waals surface area contributed by atoms with Crippen LogP contribution in [0.25, 0.3) is 32.2 Å². The number of alkyl carbamates (subject to hydrolysis) is 1. The maximum Gasteiger partial charge on any atom is 0.407 e.